The number of fused-ring (bicyclic) bond motifs is 1. The molecule has 28 heavy (non-hydrogen) atoms. The molecule has 0 fully saturated rings. The lowest BCUT2D eigenvalue weighted by Crippen LogP contribution is -2.12. The Morgan fingerprint density at radius 3 is 2.11 bits per heavy atom. The Morgan fingerprint density at radius 1 is 0.893 bits per heavy atom. The van der Waals surface area contributed by atoms with Crippen LogP contribution in [0.3, 0.4) is 0 Å². The van der Waals surface area contributed by atoms with Crippen LogP contribution in [0.5, 0.6) is 5.75 Å². The minimum absolute atomic E-state index is 0.0871. The molecule has 0 radical (unpaired) electrons. The Hall–Kier alpha value is -3.08. The molecule has 8 heteroatoms. The van der Waals surface area contributed by atoms with Crippen molar-refractivity contribution in [1.29, 1.82) is 0 Å². The summed E-state index contributed by atoms with van der Waals surface area (Å²) < 4.78 is 84.7. The largest absolute Gasteiger partial charge is 0.489 e. The standard InChI is InChI=1S/C20H13F6NO/c1-2-6-27-7-5-14-10-17(3-4-18(14)27)28-12-13-8-15(19(21,22)23)11-16(9-13)20(24,25)26/h1,3-5,7-11H,6,12H2. The van der Waals surface area contributed by atoms with E-state index >= 15 is 0 Å². The molecule has 2 nitrogen and oxygen atoms in total. The van der Waals surface area contributed by atoms with Gasteiger partial charge in [-0.1, -0.05) is 5.92 Å². The van der Waals surface area contributed by atoms with Gasteiger partial charge in [0.15, 0.2) is 0 Å². The van der Waals surface area contributed by atoms with Crippen LogP contribution in [-0.4, -0.2) is 4.57 Å². The maximum atomic E-state index is 12.9. The monoisotopic (exact) mass is 397 g/mol. The topological polar surface area (TPSA) is 14.2 Å². The molecule has 3 aromatic rings. The van der Waals surface area contributed by atoms with Crippen molar-refractivity contribution in [3.8, 4) is 18.1 Å². The van der Waals surface area contributed by atoms with Gasteiger partial charge in [-0.2, -0.15) is 26.3 Å². The van der Waals surface area contributed by atoms with Crippen molar-refractivity contribution in [2.75, 3.05) is 0 Å². The van der Waals surface area contributed by atoms with E-state index in [0.29, 0.717) is 24.4 Å². The number of nitrogens with zero attached hydrogens (tertiary/aromatic N) is 1. The van der Waals surface area contributed by atoms with Crippen molar-refractivity contribution in [3.05, 3.63) is 65.4 Å². The van der Waals surface area contributed by atoms with Gasteiger partial charge in [-0.15, -0.1) is 6.42 Å². The van der Waals surface area contributed by atoms with Crippen LogP contribution in [0.4, 0.5) is 26.3 Å². The van der Waals surface area contributed by atoms with Gasteiger partial charge in [0, 0.05) is 17.1 Å². The van der Waals surface area contributed by atoms with Crippen molar-refractivity contribution in [3.63, 3.8) is 0 Å². The van der Waals surface area contributed by atoms with Crippen molar-refractivity contribution >= 4 is 10.9 Å². The number of alkyl halides is 6. The van der Waals surface area contributed by atoms with E-state index < -0.39 is 30.1 Å². The first-order valence-corrected chi connectivity index (χ1v) is 8.01. The summed E-state index contributed by atoms with van der Waals surface area (Å²) in [5, 5.41) is 0.785. The predicted octanol–water partition coefficient (Wildman–Crippen LogP) is 5.89. The van der Waals surface area contributed by atoms with E-state index in [0.717, 1.165) is 10.9 Å². The highest BCUT2D eigenvalue weighted by atomic mass is 19.4. The fourth-order valence-electron chi connectivity index (χ4n) is 2.77. The molecule has 1 heterocycles. The normalized spacial score (nSPS) is 12.2. The molecule has 0 spiro atoms. The van der Waals surface area contributed by atoms with Crippen LogP contribution >= 0.6 is 0 Å². The second-order valence-corrected chi connectivity index (χ2v) is 6.07. The SMILES string of the molecule is C#CCn1ccc2cc(OCc3cc(C(F)(F)F)cc(C(F)(F)F)c3)ccc21. The average molecular weight is 397 g/mol. The van der Waals surface area contributed by atoms with E-state index in [1.807, 2.05) is 4.57 Å². The lowest BCUT2D eigenvalue weighted by molar-refractivity contribution is -0.143. The quantitative estimate of drug-likeness (QED) is 0.396. The molecule has 0 aliphatic heterocycles. The van der Waals surface area contributed by atoms with Gasteiger partial charge < -0.3 is 9.30 Å². The first-order chi connectivity index (χ1) is 13.1. The molecular weight excluding hydrogens is 384 g/mol. The zero-order valence-corrected chi connectivity index (χ0v) is 14.2. The maximum Gasteiger partial charge on any atom is 0.416 e. The number of hydrogen-bond acceptors (Lipinski definition) is 1. The van der Waals surface area contributed by atoms with Crippen molar-refractivity contribution in [1.82, 2.24) is 4.57 Å². The number of halogens is 6. The van der Waals surface area contributed by atoms with Gasteiger partial charge in [0.1, 0.15) is 12.4 Å². The number of rotatable bonds is 4. The number of benzene rings is 2. The van der Waals surface area contributed by atoms with Crippen LogP contribution in [0.2, 0.25) is 0 Å². The molecule has 0 aliphatic carbocycles. The number of hydrogen-bond donors (Lipinski definition) is 0. The van der Waals surface area contributed by atoms with Crippen LogP contribution < -0.4 is 4.74 Å². The Bertz CT molecular complexity index is 1010. The number of ether oxygens (including phenoxy) is 1. The highest BCUT2D eigenvalue weighted by Crippen LogP contribution is 2.36. The third-order valence-electron chi connectivity index (χ3n) is 4.06. The number of aromatic nitrogens is 1. The molecule has 0 bridgehead atoms. The summed E-state index contributed by atoms with van der Waals surface area (Å²) in [5.41, 5.74) is -2.14. The van der Waals surface area contributed by atoms with Gasteiger partial charge >= 0.3 is 12.4 Å². The fraction of sp³-hybridized carbons (Fsp3) is 0.200. The van der Waals surface area contributed by atoms with E-state index in [9.17, 15) is 26.3 Å². The van der Waals surface area contributed by atoms with Crippen molar-refractivity contribution < 1.29 is 31.1 Å². The fourth-order valence-corrected chi connectivity index (χ4v) is 2.77. The Labute approximate surface area is 156 Å². The van der Waals surface area contributed by atoms with Gasteiger partial charge in [-0.25, -0.2) is 0 Å². The van der Waals surface area contributed by atoms with E-state index in [1.165, 1.54) is 0 Å². The summed E-state index contributed by atoms with van der Waals surface area (Å²) in [5.74, 6) is 2.82. The molecular formula is C20H13F6NO. The lowest BCUT2D eigenvalue weighted by Gasteiger charge is -2.14. The van der Waals surface area contributed by atoms with Crippen LogP contribution in [0.1, 0.15) is 16.7 Å². The third-order valence-corrected chi connectivity index (χ3v) is 4.06. The Balaban J connectivity index is 1.86. The molecule has 146 valence electrons. The lowest BCUT2D eigenvalue weighted by atomic mass is 10.1. The number of terminal acetylenes is 1. The molecule has 3 rings (SSSR count). The van der Waals surface area contributed by atoms with Crippen LogP contribution in [0, 0.1) is 12.3 Å². The highest BCUT2D eigenvalue weighted by molar-refractivity contribution is 5.81. The summed E-state index contributed by atoms with van der Waals surface area (Å²) >= 11 is 0. The van der Waals surface area contributed by atoms with Gasteiger partial charge in [0.2, 0.25) is 0 Å². The van der Waals surface area contributed by atoms with Crippen LogP contribution in [0.15, 0.2) is 48.7 Å². The molecule has 0 saturated carbocycles. The summed E-state index contributed by atoms with van der Waals surface area (Å²) in [6.45, 7) is -0.0717. The van der Waals surface area contributed by atoms with Crippen molar-refractivity contribution in [2.24, 2.45) is 0 Å². The second kappa shape index (κ2) is 7.15. The molecule has 0 atom stereocenters. The highest BCUT2D eigenvalue weighted by Gasteiger charge is 2.36. The predicted molar refractivity (Wildman–Crippen MR) is 91.5 cm³/mol. The smallest absolute Gasteiger partial charge is 0.416 e. The van der Waals surface area contributed by atoms with Crippen molar-refractivity contribution in [2.45, 2.75) is 25.5 Å². The summed E-state index contributed by atoms with van der Waals surface area (Å²) in [6.07, 6.45) is -2.73. The van der Waals surface area contributed by atoms with Gasteiger partial charge in [0.05, 0.1) is 17.7 Å². The molecule has 1 aromatic heterocycles. The van der Waals surface area contributed by atoms with E-state index in [1.54, 1.807) is 30.5 Å². The summed E-state index contributed by atoms with van der Waals surface area (Å²) in [4.78, 5) is 0. The zero-order valence-electron chi connectivity index (χ0n) is 14.2. The van der Waals surface area contributed by atoms with E-state index in [4.69, 9.17) is 11.2 Å². The minimum Gasteiger partial charge on any atom is -0.489 e. The Morgan fingerprint density at radius 2 is 1.54 bits per heavy atom. The Kier molecular flexibility index (Phi) is 5.02. The molecule has 2 aromatic carbocycles. The average Bonchev–Trinajstić information content (AvgIpc) is 3.01. The maximum absolute atomic E-state index is 12.9. The zero-order chi connectivity index (χ0) is 20.5. The second-order valence-electron chi connectivity index (χ2n) is 6.07. The van der Waals surface area contributed by atoms with Gasteiger partial charge in [-0.05, 0) is 48.0 Å². The van der Waals surface area contributed by atoms with Crippen LogP contribution in [0.25, 0.3) is 10.9 Å². The van der Waals surface area contributed by atoms with E-state index in [-0.39, 0.29) is 11.6 Å². The first-order valence-electron chi connectivity index (χ1n) is 8.01. The summed E-state index contributed by atoms with van der Waals surface area (Å²) in [6, 6.07) is 8.10. The molecule has 0 aliphatic rings. The molecule has 0 unspecified atom stereocenters. The first kappa shape index (κ1) is 19.7. The molecule has 0 saturated heterocycles. The minimum atomic E-state index is -4.89. The van der Waals surface area contributed by atoms with Gasteiger partial charge in [0.25, 0.3) is 0 Å². The third kappa shape index (κ3) is 4.25. The van der Waals surface area contributed by atoms with E-state index in [2.05, 4.69) is 5.92 Å². The summed E-state index contributed by atoms with van der Waals surface area (Å²) in [7, 11) is 0. The van der Waals surface area contributed by atoms with Gasteiger partial charge in [-0.3, -0.25) is 0 Å². The molecule has 0 N–H and O–H groups in total. The van der Waals surface area contributed by atoms with Crippen LogP contribution in [-0.2, 0) is 25.5 Å². The molecule has 0 amide bonds.